The number of amides is 1. The van der Waals surface area contributed by atoms with Gasteiger partial charge in [0.1, 0.15) is 16.7 Å². The van der Waals surface area contributed by atoms with E-state index < -0.39 is 5.91 Å². The molecule has 0 saturated carbocycles. The van der Waals surface area contributed by atoms with Crippen molar-refractivity contribution in [1.29, 1.82) is 0 Å². The number of benzene rings is 2. The Morgan fingerprint density at radius 2 is 1.89 bits per heavy atom. The highest BCUT2D eigenvalue weighted by atomic mass is 35.5. The van der Waals surface area contributed by atoms with Crippen molar-refractivity contribution in [3.63, 3.8) is 0 Å². The molecular formula is C20H18ClFN4O2. The number of carbonyl (C=O) groups is 1. The monoisotopic (exact) mass is 400 g/mol. The first-order chi connectivity index (χ1) is 13.4. The second-order valence-corrected chi connectivity index (χ2v) is 6.43. The minimum absolute atomic E-state index is 0.252. The minimum Gasteiger partial charge on any atom is -0.484 e. The summed E-state index contributed by atoms with van der Waals surface area (Å²) >= 11 is 6.41. The van der Waals surface area contributed by atoms with Crippen molar-refractivity contribution in [1.82, 2.24) is 15.2 Å². The van der Waals surface area contributed by atoms with Crippen LogP contribution in [0.2, 0.25) is 5.15 Å². The van der Waals surface area contributed by atoms with Crippen LogP contribution in [0.5, 0.6) is 5.75 Å². The lowest BCUT2D eigenvalue weighted by Crippen LogP contribution is -2.24. The van der Waals surface area contributed by atoms with E-state index in [9.17, 15) is 9.18 Å². The largest absolute Gasteiger partial charge is 0.484 e. The smallest absolute Gasteiger partial charge is 0.277 e. The molecule has 0 unspecified atom stereocenters. The van der Waals surface area contributed by atoms with E-state index in [-0.39, 0.29) is 12.4 Å². The topological polar surface area (TPSA) is 68.5 Å². The zero-order valence-corrected chi connectivity index (χ0v) is 16.1. The van der Waals surface area contributed by atoms with Crippen LogP contribution in [0.4, 0.5) is 4.39 Å². The average molecular weight is 401 g/mol. The minimum atomic E-state index is -0.458. The average Bonchev–Trinajstić information content (AvgIpc) is 2.96. The number of hydrogen-bond acceptors (Lipinski definition) is 4. The SMILES string of the molecule is Cc1ccc(-n2nc(C)c(C=NNC(=O)COc3ccc(F)cc3)c2Cl)cc1. The molecule has 144 valence electrons. The van der Waals surface area contributed by atoms with Gasteiger partial charge in [-0.15, -0.1) is 0 Å². The van der Waals surface area contributed by atoms with Crippen LogP contribution in [0.3, 0.4) is 0 Å². The van der Waals surface area contributed by atoms with E-state index in [1.54, 1.807) is 11.6 Å². The summed E-state index contributed by atoms with van der Waals surface area (Å²) in [5.74, 6) is -0.445. The van der Waals surface area contributed by atoms with Crippen molar-refractivity contribution in [2.45, 2.75) is 13.8 Å². The number of ether oxygens (including phenoxy) is 1. The second-order valence-electron chi connectivity index (χ2n) is 6.07. The van der Waals surface area contributed by atoms with Gasteiger partial charge in [-0.3, -0.25) is 4.79 Å². The third-order valence-electron chi connectivity index (χ3n) is 3.89. The molecule has 0 aliphatic rings. The molecule has 0 radical (unpaired) electrons. The Kier molecular flexibility index (Phi) is 6.06. The summed E-state index contributed by atoms with van der Waals surface area (Å²) in [7, 11) is 0. The highest BCUT2D eigenvalue weighted by molar-refractivity contribution is 6.32. The first-order valence-corrected chi connectivity index (χ1v) is 8.84. The zero-order chi connectivity index (χ0) is 20.1. The number of nitrogens with one attached hydrogen (secondary N) is 1. The molecule has 0 aliphatic heterocycles. The molecule has 1 heterocycles. The highest BCUT2D eigenvalue weighted by Gasteiger charge is 2.13. The van der Waals surface area contributed by atoms with Crippen LogP contribution >= 0.6 is 11.6 Å². The number of hydrogen-bond donors (Lipinski definition) is 1. The maximum Gasteiger partial charge on any atom is 0.277 e. The summed E-state index contributed by atoms with van der Waals surface area (Å²) in [6.45, 7) is 3.55. The standard InChI is InChI=1S/C20H18ClFN4O2/c1-13-3-7-16(8-4-13)26-20(21)18(14(2)25-26)11-23-24-19(27)12-28-17-9-5-15(22)6-10-17/h3-11H,12H2,1-2H3,(H,24,27). The fraction of sp³-hybridized carbons (Fsp3) is 0.150. The molecule has 1 N–H and O–H groups in total. The molecule has 6 nitrogen and oxygen atoms in total. The normalized spacial score (nSPS) is 11.0. The number of hydrazone groups is 1. The molecule has 1 aromatic heterocycles. The van der Waals surface area contributed by atoms with E-state index in [1.807, 2.05) is 31.2 Å². The Hall–Kier alpha value is -3.19. The number of aromatic nitrogens is 2. The Morgan fingerprint density at radius 3 is 2.57 bits per heavy atom. The fourth-order valence-corrected chi connectivity index (χ4v) is 2.72. The van der Waals surface area contributed by atoms with Crippen LogP contribution in [0.15, 0.2) is 53.6 Å². The lowest BCUT2D eigenvalue weighted by atomic mass is 10.2. The Morgan fingerprint density at radius 1 is 1.21 bits per heavy atom. The van der Waals surface area contributed by atoms with Crippen molar-refractivity contribution in [3.05, 3.63) is 76.3 Å². The summed E-state index contributed by atoms with van der Waals surface area (Å²) in [5.41, 5.74) is 5.59. The van der Waals surface area contributed by atoms with Crippen LogP contribution in [0.1, 0.15) is 16.8 Å². The predicted octanol–water partition coefficient (Wildman–Crippen LogP) is 3.81. The van der Waals surface area contributed by atoms with Crippen molar-refractivity contribution >= 4 is 23.7 Å². The second kappa shape index (κ2) is 8.67. The molecule has 0 saturated heterocycles. The van der Waals surface area contributed by atoms with Gasteiger partial charge in [0.05, 0.1) is 23.2 Å². The molecule has 0 bridgehead atoms. The number of nitrogens with zero attached hydrogens (tertiary/aromatic N) is 3. The first-order valence-electron chi connectivity index (χ1n) is 8.46. The molecule has 3 rings (SSSR count). The molecule has 2 aromatic carbocycles. The van der Waals surface area contributed by atoms with Gasteiger partial charge in [-0.05, 0) is 50.2 Å². The number of rotatable bonds is 6. The Bertz CT molecular complexity index is 998. The van der Waals surface area contributed by atoms with Gasteiger partial charge in [0.2, 0.25) is 0 Å². The molecule has 8 heteroatoms. The lowest BCUT2D eigenvalue weighted by molar-refractivity contribution is -0.123. The molecule has 0 fully saturated rings. The molecule has 28 heavy (non-hydrogen) atoms. The van der Waals surface area contributed by atoms with Crippen LogP contribution in [0, 0.1) is 19.7 Å². The number of aryl methyl sites for hydroxylation is 2. The van der Waals surface area contributed by atoms with E-state index in [0.717, 1.165) is 11.3 Å². The number of carbonyl (C=O) groups excluding carboxylic acids is 1. The van der Waals surface area contributed by atoms with Crippen molar-refractivity contribution in [2.75, 3.05) is 6.61 Å². The van der Waals surface area contributed by atoms with Gasteiger partial charge in [0.25, 0.3) is 5.91 Å². The van der Waals surface area contributed by atoms with Crippen LogP contribution in [0.25, 0.3) is 5.69 Å². The van der Waals surface area contributed by atoms with Gasteiger partial charge in [0.15, 0.2) is 6.61 Å². The van der Waals surface area contributed by atoms with E-state index >= 15 is 0 Å². The summed E-state index contributed by atoms with van der Waals surface area (Å²) in [6, 6.07) is 13.2. The Balaban J connectivity index is 1.61. The number of halogens is 2. The van der Waals surface area contributed by atoms with Crippen LogP contribution < -0.4 is 10.2 Å². The third-order valence-corrected chi connectivity index (χ3v) is 4.26. The Labute approximate surface area is 166 Å². The quantitative estimate of drug-likeness (QED) is 0.505. The molecule has 3 aromatic rings. The van der Waals surface area contributed by atoms with Crippen molar-refractivity contribution < 1.29 is 13.9 Å². The van der Waals surface area contributed by atoms with Crippen LogP contribution in [-0.4, -0.2) is 28.5 Å². The van der Waals surface area contributed by atoms with E-state index in [2.05, 4.69) is 15.6 Å². The molecule has 0 spiro atoms. The van der Waals surface area contributed by atoms with Gasteiger partial charge in [-0.1, -0.05) is 29.3 Å². The summed E-state index contributed by atoms with van der Waals surface area (Å²) in [5, 5.41) is 8.72. The van der Waals surface area contributed by atoms with E-state index in [1.165, 1.54) is 30.5 Å². The first kappa shape index (κ1) is 19.6. The maximum absolute atomic E-state index is 12.8. The van der Waals surface area contributed by atoms with Crippen LogP contribution in [-0.2, 0) is 4.79 Å². The third kappa shape index (κ3) is 4.75. The predicted molar refractivity (Wildman–Crippen MR) is 106 cm³/mol. The highest BCUT2D eigenvalue weighted by Crippen LogP contribution is 2.22. The molecule has 0 atom stereocenters. The van der Waals surface area contributed by atoms with Crippen molar-refractivity contribution in [2.24, 2.45) is 5.10 Å². The van der Waals surface area contributed by atoms with Gasteiger partial charge in [-0.2, -0.15) is 10.2 Å². The molecule has 0 aliphatic carbocycles. The summed E-state index contributed by atoms with van der Waals surface area (Å²) in [6.07, 6.45) is 1.44. The van der Waals surface area contributed by atoms with E-state index in [0.29, 0.717) is 22.2 Å². The van der Waals surface area contributed by atoms with Gasteiger partial charge < -0.3 is 4.74 Å². The molecule has 1 amide bonds. The maximum atomic E-state index is 12.8. The lowest BCUT2D eigenvalue weighted by Gasteiger charge is -2.04. The van der Waals surface area contributed by atoms with Gasteiger partial charge >= 0.3 is 0 Å². The van der Waals surface area contributed by atoms with E-state index in [4.69, 9.17) is 16.3 Å². The zero-order valence-electron chi connectivity index (χ0n) is 15.3. The fourth-order valence-electron chi connectivity index (χ4n) is 2.40. The van der Waals surface area contributed by atoms with Gasteiger partial charge in [-0.25, -0.2) is 14.5 Å². The summed E-state index contributed by atoms with van der Waals surface area (Å²) < 4.78 is 19.7. The summed E-state index contributed by atoms with van der Waals surface area (Å²) in [4.78, 5) is 11.8. The molecular weight excluding hydrogens is 383 g/mol. The van der Waals surface area contributed by atoms with Gasteiger partial charge in [0, 0.05) is 0 Å². The van der Waals surface area contributed by atoms with Crippen molar-refractivity contribution in [3.8, 4) is 11.4 Å².